The lowest BCUT2D eigenvalue weighted by Gasteiger charge is -2.29. The third-order valence-corrected chi connectivity index (χ3v) is 4.76. The van der Waals surface area contributed by atoms with Gasteiger partial charge in [0, 0.05) is 29.5 Å². The van der Waals surface area contributed by atoms with Crippen LogP contribution >= 0.6 is 27.3 Å². The van der Waals surface area contributed by atoms with Crippen molar-refractivity contribution in [2.24, 2.45) is 5.92 Å². The summed E-state index contributed by atoms with van der Waals surface area (Å²) in [6.07, 6.45) is 4.60. The summed E-state index contributed by atoms with van der Waals surface area (Å²) in [7, 11) is 0. The van der Waals surface area contributed by atoms with Gasteiger partial charge in [0.05, 0.1) is 0 Å². The summed E-state index contributed by atoms with van der Waals surface area (Å²) in [6, 6.07) is 0. The number of nitrogens with zero attached hydrogens (tertiary/aromatic N) is 2. The molecule has 0 radical (unpaired) electrons. The molecular formula is C10H15BrN2S. The summed E-state index contributed by atoms with van der Waals surface area (Å²) >= 11 is 5.26. The number of alkyl halides is 1. The molecule has 0 unspecified atom stereocenters. The second kappa shape index (κ2) is 4.62. The van der Waals surface area contributed by atoms with Crippen LogP contribution in [0, 0.1) is 5.92 Å². The lowest BCUT2D eigenvalue weighted by Crippen LogP contribution is -2.32. The number of halogens is 1. The van der Waals surface area contributed by atoms with Gasteiger partial charge in [-0.05, 0) is 18.8 Å². The molecule has 0 aliphatic carbocycles. The van der Waals surface area contributed by atoms with Gasteiger partial charge < -0.3 is 4.90 Å². The third kappa shape index (κ3) is 2.28. The molecule has 0 amide bonds. The van der Waals surface area contributed by atoms with Crippen LogP contribution in [0.25, 0.3) is 0 Å². The van der Waals surface area contributed by atoms with Crippen molar-refractivity contribution in [1.82, 2.24) is 4.98 Å². The van der Waals surface area contributed by atoms with Crippen LogP contribution in [0.2, 0.25) is 0 Å². The van der Waals surface area contributed by atoms with E-state index in [0.717, 1.165) is 11.2 Å². The molecule has 1 aromatic rings. The zero-order valence-electron chi connectivity index (χ0n) is 8.37. The standard InChI is InChI=1S/C10H15BrN2S/c1-8-2-4-13(5-3-8)10-12-7-9(6-11)14-10/h7-8H,2-6H2,1H3. The maximum Gasteiger partial charge on any atom is 0.185 e. The first-order valence-electron chi connectivity index (χ1n) is 5.05. The molecule has 0 aromatic carbocycles. The number of rotatable bonds is 2. The van der Waals surface area contributed by atoms with Gasteiger partial charge in [-0.1, -0.05) is 22.9 Å². The fraction of sp³-hybridized carbons (Fsp3) is 0.700. The van der Waals surface area contributed by atoms with Gasteiger partial charge in [-0.15, -0.1) is 11.3 Å². The normalized spacial score (nSPS) is 18.9. The van der Waals surface area contributed by atoms with Gasteiger partial charge in [0.1, 0.15) is 0 Å². The molecule has 14 heavy (non-hydrogen) atoms. The van der Waals surface area contributed by atoms with Crippen molar-refractivity contribution < 1.29 is 0 Å². The molecule has 1 saturated heterocycles. The minimum absolute atomic E-state index is 0.891. The first-order chi connectivity index (χ1) is 6.79. The highest BCUT2D eigenvalue weighted by molar-refractivity contribution is 9.08. The van der Waals surface area contributed by atoms with E-state index in [4.69, 9.17) is 0 Å². The highest BCUT2D eigenvalue weighted by Gasteiger charge is 2.17. The van der Waals surface area contributed by atoms with Crippen LogP contribution in [-0.4, -0.2) is 18.1 Å². The number of piperidine rings is 1. The van der Waals surface area contributed by atoms with E-state index in [-0.39, 0.29) is 0 Å². The predicted octanol–water partition coefficient (Wildman–Crippen LogP) is 3.27. The van der Waals surface area contributed by atoms with Crippen LogP contribution in [0.15, 0.2) is 6.20 Å². The monoisotopic (exact) mass is 274 g/mol. The molecule has 4 heteroatoms. The summed E-state index contributed by atoms with van der Waals surface area (Å²) in [4.78, 5) is 8.18. The molecule has 0 spiro atoms. The second-order valence-electron chi connectivity index (χ2n) is 3.91. The third-order valence-electron chi connectivity index (χ3n) is 2.73. The van der Waals surface area contributed by atoms with Crippen molar-refractivity contribution in [2.75, 3.05) is 18.0 Å². The molecule has 78 valence electrons. The maximum atomic E-state index is 4.45. The van der Waals surface area contributed by atoms with Gasteiger partial charge in [0.25, 0.3) is 0 Å². The number of aromatic nitrogens is 1. The second-order valence-corrected chi connectivity index (χ2v) is 5.57. The van der Waals surface area contributed by atoms with Gasteiger partial charge in [-0.2, -0.15) is 0 Å². The fourth-order valence-electron chi connectivity index (χ4n) is 1.71. The Hall–Kier alpha value is -0.0900. The Morgan fingerprint density at radius 1 is 1.57 bits per heavy atom. The molecule has 0 saturated carbocycles. The molecule has 1 aliphatic heterocycles. The lowest BCUT2D eigenvalue weighted by atomic mass is 10.00. The molecule has 0 atom stereocenters. The van der Waals surface area contributed by atoms with Crippen molar-refractivity contribution in [3.8, 4) is 0 Å². The summed E-state index contributed by atoms with van der Waals surface area (Å²) in [6.45, 7) is 4.69. The quantitative estimate of drug-likeness (QED) is 0.770. The van der Waals surface area contributed by atoms with E-state index in [1.54, 1.807) is 0 Å². The molecule has 0 bridgehead atoms. The Bertz CT molecular complexity index is 292. The topological polar surface area (TPSA) is 16.1 Å². The highest BCUT2D eigenvalue weighted by atomic mass is 79.9. The molecular weight excluding hydrogens is 260 g/mol. The van der Waals surface area contributed by atoms with Crippen LogP contribution in [0.4, 0.5) is 5.13 Å². The van der Waals surface area contributed by atoms with E-state index in [1.807, 2.05) is 17.5 Å². The Morgan fingerprint density at radius 3 is 2.86 bits per heavy atom. The summed E-state index contributed by atoms with van der Waals surface area (Å²) in [5.41, 5.74) is 0. The Kier molecular flexibility index (Phi) is 3.44. The average molecular weight is 275 g/mol. The summed E-state index contributed by atoms with van der Waals surface area (Å²) in [5.74, 6) is 0.891. The van der Waals surface area contributed by atoms with E-state index in [2.05, 4.69) is 32.7 Å². The molecule has 2 nitrogen and oxygen atoms in total. The molecule has 0 N–H and O–H groups in total. The van der Waals surface area contributed by atoms with E-state index in [1.165, 1.54) is 35.9 Å². The zero-order valence-corrected chi connectivity index (χ0v) is 10.8. The van der Waals surface area contributed by atoms with Crippen LogP contribution in [0.5, 0.6) is 0 Å². The molecule has 2 heterocycles. The Labute approximate surface area is 97.5 Å². The number of hydrogen-bond acceptors (Lipinski definition) is 3. The Balaban J connectivity index is 2.01. The van der Waals surface area contributed by atoms with E-state index < -0.39 is 0 Å². The predicted molar refractivity (Wildman–Crippen MR) is 65.4 cm³/mol. The van der Waals surface area contributed by atoms with Crippen LogP contribution in [0.1, 0.15) is 24.6 Å². The SMILES string of the molecule is CC1CCN(c2ncc(CBr)s2)CC1. The summed E-state index contributed by atoms with van der Waals surface area (Å²) < 4.78 is 0. The lowest BCUT2D eigenvalue weighted by molar-refractivity contribution is 0.438. The van der Waals surface area contributed by atoms with Gasteiger partial charge in [0.2, 0.25) is 0 Å². The van der Waals surface area contributed by atoms with Crippen molar-refractivity contribution in [3.05, 3.63) is 11.1 Å². The number of thiazole rings is 1. The molecule has 1 fully saturated rings. The smallest absolute Gasteiger partial charge is 0.185 e. The Morgan fingerprint density at radius 2 is 2.29 bits per heavy atom. The van der Waals surface area contributed by atoms with Crippen LogP contribution in [-0.2, 0) is 5.33 Å². The van der Waals surface area contributed by atoms with Crippen LogP contribution in [0.3, 0.4) is 0 Å². The minimum atomic E-state index is 0.891. The van der Waals surface area contributed by atoms with Crippen molar-refractivity contribution in [1.29, 1.82) is 0 Å². The van der Waals surface area contributed by atoms with Crippen molar-refractivity contribution in [3.63, 3.8) is 0 Å². The first kappa shape index (κ1) is 10.4. The molecule has 2 rings (SSSR count). The maximum absolute atomic E-state index is 4.45. The fourth-order valence-corrected chi connectivity index (χ4v) is 3.00. The number of anilines is 1. The van der Waals surface area contributed by atoms with Crippen molar-refractivity contribution >= 4 is 32.4 Å². The number of hydrogen-bond donors (Lipinski definition) is 0. The molecule has 1 aromatic heterocycles. The van der Waals surface area contributed by atoms with E-state index >= 15 is 0 Å². The van der Waals surface area contributed by atoms with Crippen LogP contribution < -0.4 is 4.90 Å². The van der Waals surface area contributed by atoms with Gasteiger partial charge in [-0.25, -0.2) is 4.98 Å². The average Bonchev–Trinajstić information content (AvgIpc) is 2.67. The van der Waals surface area contributed by atoms with Crippen molar-refractivity contribution in [2.45, 2.75) is 25.1 Å². The van der Waals surface area contributed by atoms with Gasteiger partial charge in [0.15, 0.2) is 5.13 Å². The largest absolute Gasteiger partial charge is 0.348 e. The van der Waals surface area contributed by atoms with Gasteiger partial charge in [-0.3, -0.25) is 0 Å². The van der Waals surface area contributed by atoms with Gasteiger partial charge >= 0.3 is 0 Å². The first-order valence-corrected chi connectivity index (χ1v) is 6.99. The minimum Gasteiger partial charge on any atom is -0.348 e. The molecule has 1 aliphatic rings. The summed E-state index contributed by atoms with van der Waals surface area (Å²) in [5, 5.41) is 2.13. The van der Waals surface area contributed by atoms with E-state index in [0.29, 0.717) is 0 Å². The zero-order chi connectivity index (χ0) is 9.97. The van der Waals surface area contributed by atoms with E-state index in [9.17, 15) is 0 Å². The highest BCUT2D eigenvalue weighted by Crippen LogP contribution is 2.27.